The third-order valence-corrected chi connectivity index (χ3v) is 3.14. The molecule has 0 aliphatic heterocycles. The van der Waals surface area contributed by atoms with Crippen LogP contribution in [0, 0.1) is 16.6 Å². The molecule has 0 spiro atoms. The van der Waals surface area contributed by atoms with E-state index in [1.54, 1.807) is 6.20 Å². The fourth-order valence-corrected chi connectivity index (χ4v) is 1.95. The molecule has 1 unspecified atom stereocenters. The van der Waals surface area contributed by atoms with Gasteiger partial charge in [0.1, 0.15) is 0 Å². The molecule has 0 amide bonds. The minimum absolute atomic E-state index is 0.120. The Morgan fingerprint density at radius 3 is 3.00 bits per heavy atom. The predicted octanol–water partition coefficient (Wildman–Crippen LogP) is 1.95. The first-order valence-electron chi connectivity index (χ1n) is 4.96. The Hall–Kier alpha value is -0.900. The van der Waals surface area contributed by atoms with Crippen molar-refractivity contribution < 1.29 is 0 Å². The van der Waals surface area contributed by atoms with Crippen LogP contribution < -0.4 is 5.56 Å². The molecule has 1 aromatic rings. The summed E-state index contributed by atoms with van der Waals surface area (Å²) in [7, 11) is 0. The molecule has 1 N–H and O–H groups in total. The van der Waals surface area contributed by atoms with E-state index in [1.165, 1.54) is 18.9 Å². The first-order valence-corrected chi connectivity index (χ1v) is 5.37. The van der Waals surface area contributed by atoms with Crippen molar-refractivity contribution in [3.05, 3.63) is 27.4 Å². The van der Waals surface area contributed by atoms with E-state index < -0.39 is 0 Å². The second-order valence-electron chi connectivity index (χ2n) is 4.08. The van der Waals surface area contributed by atoms with Crippen LogP contribution in [0.15, 0.2) is 17.1 Å². The van der Waals surface area contributed by atoms with Crippen molar-refractivity contribution >= 4 is 12.2 Å². The summed E-state index contributed by atoms with van der Waals surface area (Å²) in [5.41, 5.74) is -0.120. The van der Waals surface area contributed by atoms with Gasteiger partial charge in [-0.15, -0.1) is 0 Å². The molecule has 2 rings (SSSR count). The van der Waals surface area contributed by atoms with E-state index in [1.807, 2.05) is 4.57 Å². The largest absolute Gasteiger partial charge is 0.325 e. The van der Waals surface area contributed by atoms with Crippen LogP contribution >= 0.6 is 12.2 Å². The van der Waals surface area contributed by atoms with Gasteiger partial charge in [0.2, 0.25) is 0 Å². The Bertz CT molecular complexity index is 430. The monoisotopic (exact) mass is 210 g/mol. The summed E-state index contributed by atoms with van der Waals surface area (Å²) in [6.45, 7) is 3.16. The van der Waals surface area contributed by atoms with Crippen LogP contribution in [-0.4, -0.2) is 9.55 Å². The molecule has 76 valence electrons. The lowest BCUT2D eigenvalue weighted by Crippen LogP contribution is -2.15. The molecule has 14 heavy (non-hydrogen) atoms. The number of nitrogens with zero attached hydrogens (tertiary/aromatic N) is 1. The molecule has 1 fully saturated rings. The topological polar surface area (TPSA) is 37.8 Å². The minimum Gasteiger partial charge on any atom is -0.325 e. The van der Waals surface area contributed by atoms with Crippen LogP contribution in [0.3, 0.4) is 0 Å². The van der Waals surface area contributed by atoms with Gasteiger partial charge >= 0.3 is 0 Å². The van der Waals surface area contributed by atoms with Gasteiger partial charge in [0, 0.05) is 18.8 Å². The van der Waals surface area contributed by atoms with Gasteiger partial charge in [0.15, 0.2) is 4.77 Å². The molecule has 0 radical (unpaired) electrons. The van der Waals surface area contributed by atoms with Crippen LogP contribution in [0.2, 0.25) is 0 Å². The van der Waals surface area contributed by atoms with Gasteiger partial charge in [-0.05, 0) is 36.9 Å². The van der Waals surface area contributed by atoms with E-state index >= 15 is 0 Å². The summed E-state index contributed by atoms with van der Waals surface area (Å²) >= 11 is 5.07. The van der Waals surface area contributed by atoms with Crippen LogP contribution in [0.5, 0.6) is 0 Å². The Balaban J connectivity index is 2.15. The van der Waals surface area contributed by atoms with Crippen molar-refractivity contribution in [3.63, 3.8) is 0 Å². The summed E-state index contributed by atoms with van der Waals surface area (Å²) in [6.07, 6.45) is 4.47. The molecule has 3 nitrogen and oxygen atoms in total. The first kappa shape index (κ1) is 9.65. The van der Waals surface area contributed by atoms with Gasteiger partial charge in [-0.2, -0.15) is 0 Å². The number of hydrogen-bond acceptors (Lipinski definition) is 2. The molecule has 0 saturated heterocycles. The van der Waals surface area contributed by atoms with E-state index in [9.17, 15) is 4.79 Å². The van der Waals surface area contributed by atoms with Gasteiger partial charge < -0.3 is 4.57 Å². The SMILES string of the molecule is CC(Cn1ccc(=O)[nH]c1=S)C1CC1. The lowest BCUT2D eigenvalue weighted by molar-refractivity contribution is 0.423. The number of rotatable bonds is 3. The summed E-state index contributed by atoms with van der Waals surface area (Å²) in [4.78, 5) is 13.6. The van der Waals surface area contributed by atoms with Crippen LogP contribution in [0.1, 0.15) is 19.8 Å². The molecule has 1 aliphatic carbocycles. The highest BCUT2D eigenvalue weighted by atomic mass is 32.1. The summed E-state index contributed by atoms with van der Waals surface area (Å²) in [6, 6.07) is 1.52. The smallest absolute Gasteiger partial charge is 0.251 e. The van der Waals surface area contributed by atoms with Crippen molar-refractivity contribution in [1.29, 1.82) is 0 Å². The van der Waals surface area contributed by atoms with Gasteiger partial charge in [0.25, 0.3) is 5.56 Å². The molecule has 0 aromatic carbocycles. The average molecular weight is 210 g/mol. The van der Waals surface area contributed by atoms with E-state index in [0.29, 0.717) is 10.7 Å². The Morgan fingerprint density at radius 2 is 2.43 bits per heavy atom. The van der Waals surface area contributed by atoms with Gasteiger partial charge in [-0.3, -0.25) is 9.78 Å². The number of aromatic nitrogens is 2. The Labute approximate surface area is 87.8 Å². The predicted molar refractivity (Wildman–Crippen MR) is 57.8 cm³/mol. The molecular weight excluding hydrogens is 196 g/mol. The number of H-pyrrole nitrogens is 1. The third kappa shape index (κ3) is 2.12. The van der Waals surface area contributed by atoms with E-state index in [-0.39, 0.29) is 5.56 Å². The normalized spacial score (nSPS) is 18.1. The maximum atomic E-state index is 10.9. The zero-order chi connectivity index (χ0) is 10.1. The summed E-state index contributed by atoms with van der Waals surface area (Å²) in [5, 5.41) is 0. The van der Waals surface area contributed by atoms with Crippen molar-refractivity contribution in [1.82, 2.24) is 9.55 Å². The van der Waals surface area contributed by atoms with Gasteiger partial charge in [-0.25, -0.2) is 0 Å². The van der Waals surface area contributed by atoms with Crippen LogP contribution in [0.4, 0.5) is 0 Å². The Kier molecular flexibility index (Phi) is 2.54. The van der Waals surface area contributed by atoms with Crippen molar-refractivity contribution in [2.24, 2.45) is 11.8 Å². The van der Waals surface area contributed by atoms with E-state index in [0.717, 1.165) is 12.5 Å². The van der Waals surface area contributed by atoms with E-state index in [4.69, 9.17) is 12.2 Å². The highest BCUT2D eigenvalue weighted by Crippen LogP contribution is 2.37. The average Bonchev–Trinajstić information content (AvgIpc) is 2.92. The molecular formula is C10H14N2OS. The lowest BCUT2D eigenvalue weighted by Gasteiger charge is -2.12. The minimum atomic E-state index is -0.120. The zero-order valence-corrected chi connectivity index (χ0v) is 9.01. The van der Waals surface area contributed by atoms with Gasteiger partial charge in [-0.1, -0.05) is 6.92 Å². The second-order valence-corrected chi connectivity index (χ2v) is 4.46. The van der Waals surface area contributed by atoms with Crippen molar-refractivity contribution in [3.8, 4) is 0 Å². The standard InChI is InChI=1S/C10H14N2OS/c1-7(8-2-3-8)6-12-5-4-9(13)11-10(12)14/h4-5,7-8H,2-3,6H2,1H3,(H,11,13,14). The molecule has 4 heteroatoms. The maximum absolute atomic E-state index is 10.9. The van der Waals surface area contributed by atoms with Gasteiger partial charge in [0.05, 0.1) is 0 Å². The molecule has 0 bridgehead atoms. The molecule has 1 heterocycles. The number of nitrogens with one attached hydrogen (secondary N) is 1. The fourth-order valence-electron chi connectivity index (χ4n) is 1.71. The number of hydrogen-bond donors (Lipinski definition) is 1. The highest BCUT2D eigenvalue weighted by Gasteiger charge is 2.27. The first-order chi connectivity index (χ1) is 6.66. The van der Waals surface area contributed by atoms with Crippen LogP contribution in [-0.2, 0) is 6.54 Å². The second kappa shape index (κ2) is 3.69. The van der Waals surface area contributed by atoms with E-state index in [2.05, 4.69) is 11.9 Å². The summed E-state index contributed by atoms with van der Waals surface area (Å²) in [5.74, 6) is 1.52. The molecule has 1 saturated carbocycles. The lowest BCUT2D eigenvalue weighted by atomic mass is 10.1. The van der Waals surface area contributed by atoms with Crippen molar-refractivity contribution in [2.45, 2.75) is 26.3 Å². The molecule has 1 aromatic heterocycles. The highest BCUT2D eigenvalue weighted by molar-refractivity contribution is 7.71. The molecule has 1 atom stereocenters. The maximum Gasteiger partial charge on any atom is 0.251 e. The number of aromatic amines is 1. The quantitative estimate of drug-likeness (QED) is 0.774. The zero-order valence-electron chi connectivity index (χ0n) is 8.19. The third-order valence-electron chi connectivity index (χ3n) is 2.81. The fraction of sp³-hybridized carbons (Fsp3) is 0.600. The van der Waals surface area contributed by atoms with Crippen LogP contribution in [0.25, 0.3) is 0 Å². The molecule has 1 aliphatic rings. The Morgan fingerprint density at radius 1 is 1.71 bits per heavy atom. The van der Waals surface area contributed by atoms with Crippen molar-refractivity contribution in [2.75, 3.05) is 0 Å². The summed E-state index contributed by atoms with van der Waals surface area (Å²) < 4.78 is 2.48.